The molecule has 2 N–H and O–H groups in total. The van der Waals surface area contributed by atoms with Crippen molar-refractivity contribution in [2.75, 3.05) is 58.3 Å². The van der Waals surface area contributed by atoms with Crippen molar-refractivity contribution in [1.29, 1.82) is 0 Å². The number of hydrogen-bond donors (Lipinski definition) is 2. The van der Waals surface area contributed by atoms with Gasteiger partial charge in [-0.2, -0.15) is 0 Å². The lowest BCUT2D eigenvalue weighted by Crippen LogP contribution is -2.50. The Morgan fingerprint density at radius 2 is 2.04 bits per heavy atom. The van der Waals surface area contributed by atoms with Crippen molar-refractivity contribution in [2.24, 2.45) is 4.99 Å². The molecule has 0 bridgehead atoms. The van der Waals surface area contributed by atoms with Gasteiger partial charge in [-0.15, -0.1) is 24.0 Å². The molecule has 2 atom stereocenters. The number of halogens is 1. The number of hydrogen-bond acceptors (Lipinski definition) is 4. The highest BCUT2D eigenvalue weighted by molar-refractivity contribution is 14.0. The van der Waals surface area contributed by atoms with Gasteiger partial charge in [0.25, 0.3) is 0 Å². The van der Waals surface area contributed by atoms with Crippen molar-refractivity contribution in [3.8, 4) is 0 Å². The summed E-state index contributed by atoms with van der Waals surface area (Å²) in [6.07, 6.45) is 1.35. The second-order valence-electron chi connectivity index (χ2n) is 6.62. The van der Waals surface area contributed by atoms with Gasteiger partial charge in [0, 0.05) is 51.5 Å². The topological polar surface area (TPSA) is 52.1 Å². The number of likely N-dealkylation sites (N-methyl/N-ethyl adjacent to an activating group) is 1. The maximum absolute atomic E-state index is 5.79. The summed E-state index contributed by atoms with van der Waals surface area (Å²) in [5.41, 5.74) is 1.29. The number of nitrogens with zero attached hydrogens (tertiary/aromatic N) is 3. The molecule has 0 amide bonds. The summed E-state index contributed by atoms with van der Waals surface area (Å²) in [6, 6.07) is 11.0. The van der Waals surface area contributed by atoms with Crippen LogP contribution in [0.3, 0.4) is 0 Å². The number of morpholine rings is 1. The van der Waals surface area contributed by atoms with E-state index in [1.807, 2.05) is 7.05 Å². The Kier molecular flexibility index (Phi) is 8.25. The van der Waals surface area contributed by atoms with Crippen molar-refractivity contribution in [3.63, 3.8) is 0 Å². The summed E-state index contributed by atoms with van der Waals surface area (Å²) in [4.78, 5) is 9.09. The fourth-order valence-corrected chi connectivity index (χ4v) is 3.34. The lowest BCUT2D eigenvalue weighted by atomic mass is 10.2. The first-order chi connectivity index (χ1) is 11.7. The predicted octanol–water partition coefficient (Wildman–Crippen LogP) is 1.38. The Morgan fingerprint density at radius 3 is 2.76 bits per heavy atom. The maximum Gasteiger partial charge on any atom is 0.191 e. The van der Waals surface area contributed by atoms with Gasteiger partial charge < -0.3 is 25.2 Å². The van der Waals surface area contributed by atoms with Crippen molar-refractivity contribution in [2.45, 2.75) is 18.6 Å². The molecule has 0 radical (unpaired) electrons. The Labute approximate surface area is 168 Å². The van der Waals surface area contributed by atoms with Crippen LogP contribution in [0.2, 0.25) is 0 Å². The average molecular weight is 459 g/mol. The van der Waals surface area contributed by atoms with E-state index < -0.39 is 0 Å². The first kappa shape index (κ1) is 20.3. The molecule has 2 saturated heterocycles. The van der Waals surface area contributed by atoms with Crippen LogP contribution in [0.1, 0.15) is 6.42 Å². The number of rotatable bonds is 4. The zero-order valence-electron chi connectivity index (χ0n) is 15.1. The number of aliphatic imine (C=N–C) groups is 1. The van der Waals surface area contributed by atoms with Crippen molar-refractivity contribution in [1.82, 2.24) is 15.5 Å². The van der Waals surface area contributed by atoms with Crippen molar-refractivity contribution >= 4 is 35.6 Å². The van der Waals surface area contributed by atoms with E-state index in [4.69, 9.17) is 4.74 Å². The molecule has 2 fully saturated rings. The van der Waals surface area contributed by atoms with Crippen LogP contribution in [-0.4, -0.2) is 76.4 Å². The SMILES string of the molecule is CN=C(NCC1CN(C)CCO1)NC1CCN(c2ccccc2)C1.I. The van der Waals surface area contributed by atoms with Gasteiger partial charge in [-0.3, -0.25) is 4.99 Å². The number of anilines is 1. The first-order valence-electron chi connectivity index (χ1n) is 8.82. The third-order valence-electron chi connectivity index (χ3n) is 4.71. The third-order valence-corrected chi connectivity index (χ3v) is 4.71. The fourth-order valence-electron chi connectivity index (χ4n) is 3.34. The summed E-state index contributed by atoms with van der Waals surface area (Å²) < 4.78 is 5.79. The zero-order chi connectivity index (χ0) is 16.8. The van der Waals surface area contributed by atoms with Crippen molar-refractivity contribution in [3.05, 3.63) is 30.3 Å². The smallest absolute Gasteiger partial charge is 0.191 e. The van der Waals surface area contributed by atoms with Crippen LogP contribution in [0.5, 0.6) is 0 Å². The summed E-state index contributed by atoms with van der Waals surface area (Å²) in [5.74, 6) is 0.867. The predicted molar refractivity (Wildman–Crippen MR) is 114 cm³/mol. The number of ether oxygens (including phenoxy) is 1. The molecule has 25 heavy (non-hydrogen) atoms. The number of para-hydroxylation sites is 1. The minimum atomic E-state index is 0. The molecular formula is C18H30IN5O. The Balaban J connectivity index is 0.00000225. The molecule has 1 aromatic rings. The van der Waals surface area contributed by atoms with Gasteiger partial charge in [-0.1, -0.05) is 18.2 Å². The molecule has 0 aromatic heterocycles. The van der Waals surface area contributed by atoms with Gasteiger partial charge in [0.2, 0.25) is 0 Å². The second-order valence-corrected chi connectivity index (χ2v) is 6.62. The molecule has 140 valence electrons. The largest absolute Gasteiger partial charge is 0.374 e. The van der Waals surface area contributed by atoms with Gasteiger partial charge in [0.05, 0.1) is 12.7 Å². The minimum absolute atomic E-state index is 0. The molecule has 3 rings (SSSR count). The number of nitrogens with one attached hydrogen (secondary N) is 2. The lowest BCUT2D eigenvalue weighted by Gasteiger charge is -2.30. The molecule has 7 heteroatoms. The zero-order valence-corrected chi connectivity index (χ0v) is 17.5. The van der Waals surface area contributed by atoms with Crippen LogP contribution in [0.15, 0.2) is 35.3 Å². The third kappa shape index (κ3) is 6.00. The van der Waals surface area contributed by atoms with E-state index in [-0.39, 0.29) is 30.1 Å². The summed E-state index contributed by atoms with van der Waals surface area (Å²) in [6.45, 7) is 5.67. The Hall–Kier alpha value is -1.06. The maximum atomic E-state index is 5.79. The molecule has 2 unspecified atom stereocenters. The molecule has 2 aliphatic heterocycles. The molecular weight excluding hydrogens is 429 g/mol. The molecule has 1 aromatic carbocycles. The molecule has 0 aliphatic carbocycles. The van der Waals surface area contributed by atoms with E-state index in [9.17, 15) is 0 Å². The minimum Gasteiger partial charge on any atom is -0.374 e. The van der Waals surface area contributed by atoms with E-state index in [0.29, 0.717) is 6.04 Å². The van der Waals surface area contributed by atoms with Crippen LogP contribution in [-0.2, 0) is 4.74 Å². The van der Waals surface area contributed by atoms with E-state index >= 15 is 0 Å². The molecule has 0 spiro atoms. The molecule has 2 aliphatic rings. The van der Waals surface area contributed by atoms with E-state index in [0.717, 1.165) is 51.7 Å². The monoisotopic (exact) mass is 459 g/mol. The van der Waals surface area contributed by atoms with Crippen LogP contribution in [0.25, 0.3) is 0 Å². The Bertz CT molecular complexity index is 542. The van der Waals surface area contributed by atoms with Gasteiger partial charge in [-0.25, -0.2) is 0 Å². The van der Waals surface area contributed by atoms with Crippen molar-refractivity contribution < 1.29 is 4.74 Å². The summed E-state index contributed by atoms with van der Waals surface area (Å²) >= 11 is 0. The first-order valence-corrected chi connectivity index (χ1v) is 8.82. The van der Waals surface area contributed by atoms with Gasteiger partial charge in [0.15, 0.2) is 5.96 Å². The average Bonchev–Trinajstić information content (AvgIpc) is 3.08. The number of guanidine groups is 1. The van der Waals surface area contributed by atoms with Crippen LogP contribution in [0, 0.1) is 0 Å². The quantitative estimate of drug-likeness (QED) is 0.405. The van der Waals surface area contributed by atoms with Gasteiger partial charge in [0.1, 0.15) is 0 Å². The Morgan fingerprint density at radius 1 is 1.24 bits per heavy atom. The standard InChI is InChI=1S/C18H29N5O.HI/c1-19-18(20-12-17-14-22(2)10-11-24-17)21-15-8-9-23(13-15)16-6-4-3-5-7-16;/h3-7,15,17H,8-14H2,1-2H3,(H2,19,20,21);1H. The highest BCUT2D eigenvalue weighted by atomic mass is 127. The van der Waals surface area contributed by atoms with E-state index in [1.165, 1.54) is 5.69 Å². The highest BCUT2D eigenvalue weighted by Crippen LogP contribution is 2.19. The van der Waals surface area contributed by atoms with Crippen LogP contribution >= 0.6 is 24.0 Å². The normalized spacial score (nSPS) is 24.7. The molecule has 6 nitrogen and oxygen atoms in total. The summed E-state index contributed by atoms with van der Waals surface area (Å²) in [7, 11) is 3.96. The van der Waals surface area contributed by atoms with E-state index in [1.54, 1.807) is 0 Å². The van der Waals surface area contributed by atoms with Gasteiger partial charge in [-0.05, 0) is 25.6 Å². The molecule has 2 heterocycles. The van der Waals surface area contributed by atoms with E-state index in [2.05, 4.69) is 62.8 Å². The van der Waals surface area contributed by atoms with Crippen LogP contribution < -0.4 is 15.5 Å². The lowest BCUT2D eigenvalue weighted by molar-refractivity contribution is -0.0161. The summed E-state index contributed by atoms with van der Waals surface area (Å²) in [5, 5.41) is 6.95. The fraction of sp³-hybridized carbons (Fsp3) is 0.611. The van der Waals surface area contributed by atoms with Crippen LogP contribution in [0.4, 0.5) is 5.69 Å². The van der Waals surface area contributed by atoms with Gasteiger partial charge >= 0.3 is 0 Å². The number of benzene rings is 1. The second kappa shape index (κ2) is 10.2. The molecule has 0 saturated carbocycles. The highest BCUT2D eigenvalue weighted by Gasteiger charge is 2.24.